The number of anilines is 1. The number of hydrogen-bond donors (Lipinski definition) is 3. The molecule has 4 rings (SSSR count). The van der Waals surface area contributed by atoms with E-state index in [2.05, 4.69) is 20.9 Å². The van der Waals surface area contributed by atoms with Crippen molar-refractivity contribution < 1.29 is 27.6 Å². The molecule has 10 heteroatoms. The fraction of sp³-hybridized carbons (Fsp3) is 0.161. The molecule has 0 spiro atoms. The minimum atomic E-state index is -4.46. The van der Waals surface area contributed by atoms with Crippen LogP contribution in [-0.2, 0) is 11.0 Å². The molecule has 0 aliphatic rings. The van der Waals surface area contributed by atoms with E-state index < -0.39 is 29.6 Å². The van der Waals surface area contributed by atoms with Gasteiger partial charge in [0.1, 0.15) is 11.9 Å². The van der Waals surface area contributed by atoms with Crippen LogP contribution in [0.2, 0.25) is 0 Å². The van der Waals surface area contributed by atoms with Gasteiger partial charge in [-0.05, 0) is 53.4 Å². The molecule has 0 unspecified atom stereocenters. The predicted molar refractivity (Wildman–Crippen MR) is 149 cm³/mol. The Morgan fingerprint density at radius 1 is 0.829 bits per heavy atom. The standard InChI is InChI=1S/C31H27F3N4O3/c1-2-18-35-30(41)27(21-8-4-3-5-9-21)38-28(39)22-14-17-26(36-19-22)37-29(40)25-11-7-6-10-24(25)20-12-15-23(16-13-20)31(32,33)34/h3-17,19,27H,2,18H2,1H3,(H,35,41)(H,38,39)(H,36,37,40)/t27-/m0/s1. The van der Waals surface area contributed by atoms with Crippen LogP contribution in [0.1, 0.15) is 51.2 Å². The quantitative estimate of drug-likeness (QED) is 0.233. The van der Waals surface area contributed by atoms with Crippen molar-refractivity contribution in [2.24, 2.45) is 0 Å². The number of rotatable bonds is 9. The third-order valence-electron chi connectivity index (χ3n) is 6.18. The first-order valence-corrected chi connectivity index (χ1v) is 12.8. The van der Waals surface area contributed by atoms with Gasteiger partial charge in [-0.2, -0.15) is 13.2 Å². The van der Waals surface area contributed by atoms with Crippen molar-refractivity contribution >= 4 is 23.5 Å². The van der Waals surface area contributed by atoms with Crippen molar-refractivity contribution in [2.45, 2.75) is 25.6 Å². The highest BCUT2D eigenvalue weighted by Gasteiger charge is 2.30. The molecule has 3 N–H and O–H groups in total. The Morgan fingerprint density at radius 2 is 1.51 bits per heavy atom. The van der Waals surface area contributed by atoms with Gasteiger partial charge in [0.15, 0.2) is 0 Å². The Balaban J connectivity index is 1.47. The molecular formula is C31H27F3N4O3. The maximum atomic E-state index is 13.1. The summed E-state index contributed by atoms with van der Waals surface area (Å²) >= 11 is 0. The van der Waals surface area contributed by atoms with Gasteiger partial charge < -0.3 is 16.0 Å². The average molecular weight is 561 g/mol. The van der Waals surface area contributed by atoms with Crippen molar-refractivity contribution in [3.05, 3.63) is 119 Å². The Labute approximate surface area is 234 Å². The molecule has 3 aromatic carbocycles. The molecule has 0 saturated heterocycles. The van der Waals surface area contributed by atoms with Crippen molar-refractivity contribution in [2.75, 3.05) is 11.9 Å². The number of carbonyl (C=O) groups excluding carboxylic acids is 3. The third kappa shape index (κ3) is 7.36. The van der Waals surface area contributed by atoms with Crippen LogP contribution in [0.25, 0.3) is 11.1 Å². The summed E-state index contributed by atoms with van der Waals surface area (Å²) in [5.74, 6) is -1.23. The van der Waals surface area contributed by atoms with Gasteiger partial charge in [0.25, 0.3) is 11.8 Å². The number of alkyl halides is 3. The monoisotopic (exact) mass is 560 g/mol. The van der Waals surface area contributed by atoms with Crippen LogP contribution in [0.4, 0.5) is 19.0 Å². The second-order valence-electron chi connectivity index (χ2n) is 9.12. The lowest BCUT2D eigenvalue weighted by Crippen LogP contribution is -2.40. The predicted octanol–water partition coefficient (Wildman–Crippen LogP) is 6.02. The lowest BCUT2D eigenvalue weighted by Gasteiger charge is -2.19. The van der Waals surface area contributed by atoms with Crippen LogP contribution in [0, 0.1) is 0 Å². The summed E-state index contributed by atoms with van der Waals surface area (Å²) in [6.45, 7) is 2.39. The summed E-state index contributed by atoms with van der Waals surface area (Å²) < 4.78 is 38.9. The Hall–Kier alpha value is -4.99. The zero-order valence-corrected chi connectivity index (χ0v) is 22.0. The maximum absolute atomic E-state index is 13.1. The molecule has 4 aromatic rings. The molecule has 0 saturated carbocycles. The van der Waals surface area contributed by atoms with Crippen molar-refractivity contribution in [3.8, 4) is 11.1 Å². The van der Waals surface area contributed by atoms with Gasteiger partial charge in [-0.25, -0.2) is 4.98 Å². The summed E-state index contributed by atoms with van der Waals surface area (Å²) in [5, 5.41) is 8.18. The van der Waals surface area contributed by atoms with E-state index in [-0.39, 0.29) is 22.9 Å². The number of halogens is 3. The summed E-state index contributed by atoms with van der Waals surface area (Å²) in [6.07, 6.45) is -2.44. The molecule has 1 heterocycles. The molecule has 41 heavy (non-hydrogen) atoms. The number of amides is 3. The average Bonchev–Trinajstić information content (AvgIpc) is 2.99. The molecular weight excluding hydrogens is 533 g/mol. The van der Waals surface area contributed by atoms with Crippen LogP contribution >= 0.6 is 0 Å². The fourth-order valence-electron chi connectivity index (χ4n) is 4.07. The summed E-state index contributed by atoms with van der Waals surface area (Å²) in [6, 6.07) is 21.9. The summed E-state index contributed by atoms with van der Waals surface area (Å²) in [7, 11) is 0. The Morgan fingerprint density at radius 3 is 2.15 bits per heavy atom. The van der Waals surface area contributed by atoms with Gasteiger partial charge in [-0.1, -0.05) is 67.6 Å². The van der Waals surface area contributed by atoms with E-state index in [4.69, 9.17) is 0 Å². The van der Waals surface area contributed by atoms with E-state index in [0.717, 1.165) is 18.6 Å². The molecule has 0 radical (unpaired) electrons. The van der Waals surface area contributed by atoms with E-state index >= 15 is 0 Å². The van der Waals surface area contributed by atoms with Crippen molar-refractivity contribution in [3.63, 3.8) is 0 Å². The highest BCUT2D eigenvalue weighted by atomic mass is 19.4. The second kappa shape index (κ2) is 12.9. The molecule has 0 aliphatic heterocycles. The molecule has 7 nitrogen and oxygen atoms in total. The zero-order chi connectivity index (χ0) is 29.4. The lowest BCUT2D eigenvalue weighted by molar-refractivity contribution is -0.137. The minimum Gasteiger partial charge on any atom is -0.354 e. The van der Waals surface area contributed by atoms with E-state index in [0.29, 0.717) is 23.2 Å². The SMILES string of the molecule is CCCNC(=O)[C@@H](NC(=O)c1ccc(NC(=O)c2ccccc2-c2ccc(C(F)(F)F)cc2)nc1)c1ccccc1. The number of benzene rings is 3. The Kier molecular flexibility index (Phi) is 9.13. The Bertz CT molecular complexity index is 1510. The normalized spacial score (nSPS) is 11.8. The minimum absolute atomic E-state index is 0.161. The number of nitrogens with one attached hydrogen (secondary N) is 3. The van der Waals surface area contributed by atoms with Gasteiger partial charge in [-0.15, -0.1) is 0 Å². The van der Waals surface area contributed by atoms with E-state index in [9.17, 15) is 27.6 Å². The van der Waals surface area contributed by atoms with E-state index in [1.54, 1.807) is 48.5 Å². The van der Waals surface area contributed by atoms with Crippen LogP contribution in [-0.4, -0.2) is 29.3 Å². The van der Waals surface area contributed by atoms with Crippen molar-refractivity contribution in [1.82, 2.24) is 15.6 Å². The van der Waals surface area contributed by atoms with Gasteiger partial charge in [0.2, 0.25) is 5.91 Å². The molecule has 1 aromatic heterocycles. The number of hydrogen-bond acceptors (Lipinski definition) is 4. The van der Waals surface area contributed by atoms with Crippen LogP contribution in [0.15, 0.2) is 97.2 Å². The van der Waals surface area contributed by atoms with Gasteiger partial charge >= 0.3 is 6.18 Å². The first-order chi connectivity index (χ1) is 19.7. The number of nitrogens with zero attached hydrogens (tertiary/aromatic N) is 1. The van der Waals surface area contributed by atoms with Gasteiger partial charge in [-0.3, -0.25) is 14.4 Å². The molecule has 0 fully saturated rings. The largest absolute Gasteiger partial charge is 0.416 e. The number of pyridine rings is 1. The third-order valence-corrected chi connectivity index (χ3v) is 6.18. The molecule has 1 atom stereocenters. The highest BCUT2D eigenvalue weighted by molar-refractivity contribution is 6.08. The first kappa shape index (κ1) is 29.0. The molecule has 3 amide bonds. The van der Waals surface area contributed by atoms with E-state index in [1.807, 2.05) is 13.0 Å². The van der Waals surface area contributed by atoms with E-state index in [1.165, 1.54) is 30.5 Å². The smallest absolute Gasteiger partial charge is 0.354 e. The molecule has 0 bridgehead atoms. The molecule has 0 aliphatic carbocycles. The first-order valence-electron chi connectivity index (χ1n) is 12.8. The number of carbonyl (C=O) groups is 3. The van der Waals surface area contributed by atoms with Gasteiger partial charge in [0.05, 0.1) is 11.1 Å². The number of aromatic nitrogens is 1. The summed E-state index contributed by atoms with van der Waals surface area (Å²) in [5.41, 5.74) is 1.14. The highest BCUT2D eigenvalue weighted by Crippen LogP contribution is 2.32. The van der Waals surface area contributed by atoms with Gasteiger partial charge in [0, 0.05) is 18.3 Å². The fourth-order valence-corrected chi connectivity index (χ4v) is 4.07. The maximum Gasteiger partial charge on any atom is 0.416 e. The zero-order valence-electron chi connectivity index (χ0n) is 22.0. The second-order valence-corrected chi connectivity index (χ2v) is 9.12. The summed E-state index contributed by atoms with van der Waals surface area (Å²) in [4.78, 5) is 42.9. The van der Waals surface area contributed by atoms with Crippen LogP contribution < -0.4 is 16.0 Å². The lowest BCUT2D eigenvalue weighted by atomic mass is 9.98. The topological polar surface area (TPSA) is 100 Å². The molecule has 210 valence electrons. The van der Waals surface area contributed by atoms with Crippen LogP contribution in [0.5, 0.6) is 0 Å². The van der Waals surface area contributed by atoms with Crippen molar-refractivity contribution in [1.29, 1.82) is 0 Å². The van der Waals surface area contributed by atoms with Crippen LogP contribution in [0.3, 0.4) is 0 Å².